The lowest BCUT2D eigenvalue weighted by atomic mass is 9.94. The van der Waals surface area contributed by atoms with Crippen LogP contribution in [0.5, 0.6) is 0 Å². The fraction of sp³-hybridized carbons (Fsp3) is 0.241. The van der Waals surface area contributed by atoms with Gasteiger partial charge >= 0.3 is 5.97 Å². The second-order valence-electron chi connectivity index (χ2n) is 10.4. The average Bonchev–Trinajstić information content (AvgIpc) is 3.35. The molecule has 1 unspecified atom stereocenters. The van der Waals surface area contributed by atoms with Gasteiger partial charge in [-0.05, 0) is 74.9 Å². The molecule has 10 nitrogen and oxygen atoms in total. The van der Waals surface area contributed by atoms with E-state index in [1.165, 1.54) is 23.6 Å². The highest BCUT2D eigenvalue weighted by molar-refractivity contribution is 7.80. The zero-order chi connectivity index (χ0) is 30.4. The van der Waals surface area contributed by atoms with Gasteiger partial charge in [-0.15, -0.1) is 11.3 Å². The van der Waals surface area contributed by atoms with Crippen LogP contribution in [0, 0.1) is 31.4 Å². The number of benzene rings is 2. The van der Waals surface area contributed by atoms with Gasteiger partial charge in [0, 0.05) is 39.8 Å². The van der Waals surface area contributed by atoms with Gasteiger partial charge in [0.25, 0.3) is 0 Å². The molecular weight excluding hydrogens is 600 g/mol. The molecule has 43 heavy (non-hydrogen) atoms. The van der Waals surface area contributed by atoms with Crippen LogP contribution in [0.25, 0.3) is 27.5 Å². The van der Waals surface area contributed by atoms with E-state index in [1.807, 2.05) is 4.72 Å². The molecule has 1 aliphatic carbocycles. The number of aryl methyl sites for hydroxylation is 2. The minimum atomic E-state index is -2.69. The maximum atomic E-state index is 15.3. The standard InChI is InChI=1S/C29H25F2N5O5S2/c1-14-26(15(2)41-34-14)19-12-18(6-7-21(19)30)27-20(9-17-5-8-23(22(31)10-17)35-43(39)40)24(11-16-3-4-16)33-36(27)29-32-25(13-42-29)28(37)38/h5-8,10,12-13,16,35H,3-4,9,11H2,1-2H3,(H,37,38)(H,39,40)/p-1. The van der Waals surface area contributed by atoms with Crippen LogP contribution in [0.2, 0.25) is 0 Å². The molecule has 2 aromatic carbocycles. The number of carboxylic acid groups (broad SMARTS) is 1. The zero-order valence-electron chi connectivity index (χ0n) is 22.9. The van der Waals surface area contributed by atoms with Crippen molar-refractivity contribution in [2.45, 2.75) is 39.5 Å². The van der Waals surface area contributed by atoms with E-state index in [9.17, 15) is 23.1 Å². The van der Waals surface area contributed by atoms with Gasteiger partial charge in [-0.2, -0.15) is 5.10 Å². The van der Waals surface area contributed by atoms with Gasteiger partial charge in [0.05, 0.1) is 28.3 Å². The molecule has 2 N–H and O–H groups in total. The Morgan fingerprint density at radius 2 is 2.00 bits per heavy atom. The molecule has 3 aromatic heterocycles. The van der Waals surface area contributed by atoms with Crippen molar-refractivity contribution >= 4 is 34.3 Å². The summed E-state index contributed by atoms with van der Waals surface area (Å²) in [7, 11) is 0. The molecule has 1 aliphatic rings. The highest BCUT2D eigenvalue weighted by atomic mass is 32.2. The third-order valence-electron chi connectivity index (χ3n) is 7.29. The summed E-state index contributed by atoms with van der Waals surface area (Å²) >= 11 is -1.58. The number of carbonyl (C=O) groups is 1. The number of nitrogens with one attached hydrogen (secondary N) is 1. The van der Waals surface area contributed by atoms with Crippen molar-refractivity contribution in [1.29, 1.82) is 0 Å². The number of halogens is 2. The number of nitrogens with zero attached hydrogens (tertiary/aromatic N) is 4. The van der Waals surface area contributed by atoms with E-state index in [2.05, 4.69) is 10.1 Å². The van der Waals surface area contributed by atoms with Gasteiger partial charge in [-0.1, -0.05) is 11.2 Å². The van der Waals surface area contributed by atoms with E-state index in [1.54, 1.807) is 36.7 Å². The number of hydrogen-bond acceptors (Lipinski definition) is 8. The van der Waals surface area contributed by atoms with E-state index in [4.69, 9.17) is 9.62 Å². The molecule has 0 spiro atoms. The van der Waals surface area contributed by atoms with E-state index >= 15 is 4.39 Å². The van der Waals surface area contributed by atoms with Crippen molar-refractivity contribution in [3.05, 3.63) is 87.4 Å². The normalized spacial score (nSPS) is 13.8. The van der Waals surface area contributed by atoms with Gasteiger partial charge < -0.3 is 18.9 Å². The molecule has 0 amide bonds. The Balaban J connectivity index is 1.55. The summed E-state index contributed by atoms with van der Waals surface area (Å²) in [6, 6.07) is 8.83. The van der Waals surface area contributed by atoms with Gasteiger partial charge in [0.15, 0.2) is 5.69 Å². The quantitative estimate of drug-likeness (QED) is 0.180. The Labute approximate surface area is 250 Å². The van der Waals surface area contributed by atoms with Gasteiger partial charge in [0.2, 0.25) is 5.13 Å². The van der Waals surface area contributed by atoms with Crippen molar-refractivity contribution in [3.63, 3.8) is 0 Å². The molecular formula is C29H24F2N5O5S2-. The lowest BCUT2D eigenvalue weighted by Crippen LogP contribution is -2.05. The molecule has 3 heterocycles. The number of thiazole rings is 1. The van der Waals surface area contributed by atoms with Crippen molar-refractivity contribution in [3.8, 4) is 27.5 Å². The van der Waals surface area contributed by atoms with Crippen LogP contribution in [0.1, 0.15) is 51.6 Å². The smallest absolute Gasteiger partial charge is 0.355 e. The summed E-state index contributed by atoms with van der Waals surface area (Å²) in [5.41, 5.74) is 4.15. The van der Waals surface area contributed by atoms with Crippen LogP contribution >= 0.6 is 11.3 Å². The second kappa shape index (κ2) is 11.4. The number of hydrogen-bond donors (Lipinski definition) is 2. The number of aromatic carboxylic acids is 1. The molecule has 5 aromatic rings. The third-order valence-corrected chi connectivity index (χ3v) is 8.49. The minimum Gasteiger partial charge on any atom is -0.755 e. The van der Waals surface area contributed by atoms with E-state index in [0.717, 1.165) is 35.4 Å². The SMILES string of the molecule is Cc1noc(C)c1-c1cc(-c2c(Cc3ccc(NS(=O)[O-])c(F)c3)c(CC3CC3)nn2-c2nc(C(=O)O)cs2)ccc1F. The maximum Gasteiger partial charge on any atom is 0.355 e. The molecule has 1 saturated carbocycles. The summed E-state index contributed by atoms with van der Waals surface area (Å²) in [6.45, 7) is 3.42. The zero-order valence-corrected chi connectivity index (χ0v) is 24.5. The number of carboxylic acids is 1. The molecule has 14 heteroatoms. The van der Waals surface area contributed by atoms with Crippen LogP contribution in [0.15, 0.2) is 46.3 Å². The monoisotopic (exact) mass is 624 g/mol. The Morgan fingerprint density at radius 1 is 1.21 bits per heavy atom. The molecule has 0 bridgehead atoms. The van der Waals surface area contributed by atoms with Gasteiger partial charge in [-0.3, -0.25) is 4.21 Å². The lowest BCUT2D eigenvalue weighted by Gasteiger charge is -2.13. The molecule has 222 valence electrons. The van der Waals surface area contributed by atoms with Crippen molar-refractivity contribution in [1.82, 2.24) is 19.9 Å². The molecule has 6 rings (SSSR count). The molecule has 0 radical (unpaired) electrons. The first-order chi connectivity index (χ1) is 20.6. The Morgan fingerprint density at radius 3 is 2.63 bits per heavy atom. The maximum absolute atomic E-state index is 15.3. The Hall–Kier alpha value is -4.27. The molecule has 0 saturated heterocycles. The summed E-state index contributed by atoms with van der Waals surface area (Å²) < 4.78 is 61.1. The number of anilines is 1. The van der Waals surface area contributed by atoms with Crippen LogP contribution < -0.4 is 4.72 Å². The number of rotatable bonds is 10. The molecule has 1 fully saturated rings. The van der Waals surface area contributed by atoms with Crippen LogP contribution in [0.3, 0.4) is 0 Å². The lowest BCUT2D eigenvalue weighted by molar-refractivity contribution is 0.0691. The third kappa shape index (κ3) is 5.85. The van der Waals surface area contributed by atoms with Crippen molar-refractivity contribution in [2.75, 3.05) is 4.72 Å². The minimum absolute atomic E-state index is 0.136. The topological polar surface area (TPSA) is 146 Å². The first kappa shape index (κ1) is 28.8. The fourth-order valence-corrected chi connectivity index (χ4v) is 6.21. The largest absolute Gasteiger partial charge is 0.755 e. The van der Waals surface area contributed by atoms with Crippen LogP contribution in [-0.2, 0) is 24.1 Å². The van der Waals surface area contributed by atoms with E-state index < -0.39 is 28.9 Å². The Kier molecular flexibility index (Phi) is 7.66. The first-order valence-electron chi connectivity index (χ1n) is 13.3. The highest BCUT2D eigenvalue weighted by Crippen LogP contribution is 2.40. The van der Waals surface area contributed by atoms with Crippen LogP contribution in [-0.4, -0.2) is 39.8 Å². The summed E-state index contributed by atoms with van der Waals surface area (Å²) in [4.78, 5) is 15.9. The second-order valence-corrected chi connectivity index (χ2v) is 11.9. The fourth-order valence-electron chi connectivity index (χ4n) is 5.11. The van der Waals surface area contributed by atoms with Crippen LogP contribution in [0.4, 0.5) is 14.5 Å². The molecule has 1 atom stereocenters. The van der Waals surface area contributed by atoms with Gasteiger partial charge in [-0.25, -0.2) is 23.2 Å². The average molecular weight is 625 g/mol. The van der Waals surface area contributed by atoms with E-state index in [-0.39, 0.29) is 23.4 Å². The Bertz CT molecular complexity index is 1880. The number of aromatic nitrogens is 4. The van der Waals surface area contributed by atoms with E-state index in [0.29, 0.717) is 51.3 Å². The van der Waals surface area contributed by atoms with Gasteiger partial charge in [0.1, 0.15) is 17.4 Å². The summed E-state index contributed by atoms with van der Waals surface area (Å²) in [5, 5.41) is 20.1. The molecule has 0 aliphatic heterocycles. The van der Waals surface area contributed by atoms with Crippen molar-refractivity contribution in [2.24, 2.45) is 5.92 Å². The summed E-state index contributed by atoms with van der Waals surface area (Å²) in [5.74, 6) is -1.53. The predicted molar refractivity (Wildman–Crippen MR) is 155 cm³/mol. The predicted octanol–water partition coefficient (Wildman–Crippen LogP) is 5.99. The highest BCUT2D eigenvalue weighted by Gasteiger charge is 2.29. The summed E-state index contributed by atoms with van der Waals surface area (Å²) in [6.07, 6.45) is 2.93. The first-order valence-corrected chi connectivity index (χ1v) is 15.2. The van der Waals surface area contributed by atoms with Crippen molar-refractivity contribution < 1.29 is 32.0 Å².